The van der Waals surface area contributed by atoms with Crippen molar-refractivity contribution >= 4 is 11.4 Å². The van der Waals surface area contributed by atoms with Gasteiger partial charge in [-0.3, -0.25) is 0 Å². The summed E-state index contributed by atoms with van der Waals surface area (Å²) in [6.07, 6.45) is 0. The maximum absolute atomic E-state index is 4.46. The van der Waals surface area contributed by atoms with E-state index in [0.29, 0.717) is 0 Å². The van der Waals surface area contributed by atoms with Gasteiger partial charge in [0.05, 0.1) is 11.4 Å². The largest absolute Gasteiger partial charge is 0.155 e. The van der Waals surface area contributed by atoms with Crippen LogP contribution in [0.3, 0.4) is 0 Å². The van der Waals surface area contributed by atoms with Crippen LogP contribution in [0.15, 0.2) is 119 Å². The molecule has 0 heterocycles. The van der Waals surface area contributed by atoms with Gasteiger partial charge in [-0.2, -0.15) is 10.2 Å². The lowest BCUT2D eigenvalue weighted by atomic mass is 10.0. The minimum absolute atomic E-state index is 0.898. The second-order valence-corrected chi connectivity index (χ2v) is 7.26. The Morgan fingerprint density at radius 1 is 0.400 bits per heavy atom. The average molecular weight is 389 g/mol. The van der Waals surface area contributed by atoms with Crippen molar-refractivity contribution in [3.05, 3.63) is 120 Å². The maximum Gasteiger partial charge on any atom is 0.0671 e. The zero-order valence-corrected chi connectivity index (χ0v) is 17.3. The fraction of sp³-hybridized carbons (Fsp3) is 0.0714. The molecule has 0 fully saturated rings. The summed E-state index contributed by atoms with van der Waals surface area (Å²) >= 11 is 0. The second-order valence-electron chi connectivity index (χ2n) is 7.26. The van der Waals surface area contributed by atoms with E-state index in [-0.39, 0.29) is 0 Å². The third-order valence-corrected chi connectivity index (χ3v) is 5.17. The van der Waals surface area contributed by atoms with Crippen LogP contribution < -0.4 is 0 Å². The Morgan fingerprint density at radius 2 is 0.700 bits per heavy atom. The molecule has 2 nitrogen and oxygen atoms in total. The Bertz CT molecular complexity index is 1060. The Balaban J connectivity index is 1.49. The first-order valence-electron chi connectivity index (χ1n) is 10.1. The molecule has 0 bridgehead atoms. The lowest BCUT2D eigenvalue weighted by molar-refractivity contribution is 1.22. The SMILES string of the molecule is CC(=NN=C(C)c1ccc(-c2ccccc2)cc1)c1ccc(-c2ccccc2)cc1. The molecule has 0 spiro atoms. The molecule has 0 aromatic heterocycles. The monoisotopic (exact) mass is 388 g/mol. The van der Waals surface area contributed by atoms with E-state index in [2.05, 4.69) is 107 Å². The van der Waals surface area contributed by atoms with Crippen LogP contribution in [0, 0.1) is 0 Å². The Morgan fingerprint density at radius 3 is 1.03 bits per heavy atom. The minimum Gasteiger partial charge on any atom is -0.155 e. The number of hydrogen-bond acceptors (Lipinski definition) is 2. The van der Waals surface area contributed by atoms with Crippen molar-refractivity contribution in [3.63, 3.8) is 0 Å². The molecular formula is C28H24N2. The average Bonchev–Trinajstić information content (AvgIpc) is 2.83. The van der Waals surface area contributed by atoms with E-state index >= 15 is 0 Å². The molecule has 0 saturated carbocycles. The van der Waals surface area contributed by atoms with Gasteiger partial charge in [0.15, 0.2) is 0 Å². The smallest absolute Gasteiger partial charge is 0.0671 e. The van der Waals surface area contributed by atoms with E-state index in [9.17, 15) is 0 Å². The van der Waals surface area contributed by atoms with Crippen molar-refractivity contribution in [1.82, 2.24) is 0 Å². The number of nitrogens with zero attached hydrogens (tertiary/aromatic N) is 2. The molecule has 0 atom stereocenters. The van der Waals surface area contributed by atoms with Gasteiger partial charge in [-0.15, -0.1) is 0 Å². The van der Waals surface area contributed by atoms with Crippen LogP contribution in [0.4, 0.5) is 0 Å². The molecule has 4 rings (SSSR count). The topological polar surface area (TPSA) is 24.7 Å². The van der Waals surface area contributed by atoms with Gasteiger partial charge in [0.1, 0.15) is 0 Å². The first-order chi connectivity index (χ1) is 14.7. The standard InChI is InChI=1S/C28H24N2/c1-21(23-13-17-27(18-14-23)25-9-5-3-6-10-25)29-30-22(2)24-15-19-28(20-16-24)26-11-7-4-8-12-26/h3-20H,1-2H3. The van der Waals surface area contributed by atoms with Crippen LogP contribution in [-0.4, -0.2) is 11.4 Å². The second kappa shape index (κ2) is 9.15. The minimum atomic E-state index is 0.898. The zero-order valence-electron chi connectivity index (χ0n) is 17.3. The molecule has 0 amide bonds. The fourth-order valence-electron chi connectivity index (χ4n) is 3.33. The molecule has 2 heteroatoms. The Labute approximate surface area is 178 Å². The zero-order chi connectivity index (χ0) is 20.8. The van der Waals surface area contributed by atoms with Gasteiger partial charge in [-0.1, -0.05) is 109 Å². The van der Waals surface area contributed by atoms with E-state index in [4.69, 9.17) is 0 Å². The van der Waals surface area contributed by atoms with Crippen LogP contribution in [0.25, 0.3) is 22.3 Å². The molecule has 0 unspecified atom stereocenters. The summed E-state index contributed by atoms with van der Waals surface area (Å²) in [5.41, 5.74) is 8.77. The summed E-state index contributed by atoms with van der Waals surface area (Å²) in [5.74, 6) is 0. The predicted octanol–water partition coefficient (Wildman–Crippen LogP) is 7.25. The van der Waals surface area contributed by atoms with Crippen molar-refractivity contribution in [3.8, 4) is 22.3 Å². The highest BCUT2D eigenvalue weighted by Crippen LogP contribution is 2.21. The normalized spacial score (nSPS) is 12.1. The molecule has 0 aliphatic heterocycles. The molecule has 4 aromatic rings. The lowest BCUT2D eigenvalue weighted by Crippen LogP contribution is -1.97. The highest BCUT2D eigenvalue weighted by atomic mass is 15.2. The summed E-state index contributed by atoms with van der Waals surface area (Å²) in [7, 11) is 0. The number of benzene rings is 4. The van der Waals surface area contributed by atoms with Crippen molar-refractivity contribution in [2.45, 2.75) is 13.8 Å². The number of hydrogen-bond donors (Lipinski definition) is 0. The Hall–Kier alpha value is -3.78. The summed E-state index contributed by atoms with van der Waals surface area (Å²) in [4.78, 5) is 0. The van der Waals surface area contributed by atoms with Crippen LogP contribution in [0.2, 0.25) is 0 Å². The molecule has 0 saturated heterocycles. The molecule has 0 N–H and O–H groups in total. The van der Waals surface area contributed by atoms with Gasteiger partial charge in [0, 0.05) is 0 Å². The quantitative estimate of drug-likeness (QED) is 0.254. The highest BCUT2D eigenvalue weighted by Gasteiger charge is 2.02. The molecule has 0 aliphatic carbocycles. The van der Waals surface area contributed by atoms with Crippen molar-refractivity contribution in [1.29, 1.82) is 0 Å². The van der Waals surface area contributed by atoms with E-state index in [0.717, 1.165) is 22.6 Å². The van der Waals surface area contributed by atoms with E-state index in [1.165, 1.54) is 22.3 Å². The van der Waals surface area contributed by atoms with Crippen LogP contribution in [0.5, 0.6) is 0 Å². The van der Waals surface area contributed by atoms with Crippen molar-refractivity contribution in [2.75, 3.05) is 0 Å². The third-order valence-electron chi connectivity index (χ3n) is 5.17. The first kappa shape index (κ1) is 19.5. The van der Waals surface area contributed by atoms with E-state index in [1.807, 2.05) is 26.0 Å². The summed E-state index contributed by atoms with van der Waals surface area (Å²) in [5, 5.41) is 8.92. The molecule has 146 valence electrons. The summed E-state index contributed by atoms with van der Waals surface area (Å²) in [6, 6.07) is 37.7. The van der Waals surface area contributed by atoms with Gasteiger partial charge in [-0.05, 0) is 47.2 Å². The van der Waals surface area contributed by atoms with Gasteiger partial charge >= 0.3 is 0 Å². The molecule has 0 aliphatic rings. The maximum atomic E-state index is 4.46. The van der Waals surface area contributed by atoms with Gasteiger partial charge in [0.25, 0.3) is 0 Å². The third kappa shape index (κ3) is 4.61. The van der Waals surface area contributed by atoms with Crippen molar-refractivity contribution in [2.24, 2.45) is 10.2 Å². The molecular weight excluding hydrogens is 364 g/mol. The van der Waals surface area contributed by atoms with Crippen molar-refractivity contribution < 1.29 is 0 Å². The predicted molar refractivity (Wildman–Crippen MR) is 128 cm³/mol. The Kier molecular flexibility index (Phi) is 5.95. The lowest BCUT2D eigenvalue weighted by Gasteiger charge is -2.05. The van der Waals surface area contributed by atoms with Gasteiger partial charge in [-0.25, -0.2) is 0 Å². The highest BCUT2D eigenvalue weighted by molar-refractivity contribution is 6.02. The fourth-order valence-corrected chi connectivity index (χ4v) is 3.33. The molecule has 0 radical (unpaired) electrons. The summed E-state index contributed by atoms with van der Waals surface area (Å²) in [6.45, 7) is 3.99. The van der Waals surface area contributed by atoms with E-state index < -0.39 is 0 Å². The first-order valence-corrected chi connectivity index (χ1v) is 10.1. The van der Waals surface area contributed by atoms with Crippen LogP contribution >= 0.6 is 0 Å². The molecule has 30 heavy (non-hydrogen) atoms. The van der Waals surface area contributed by atoms with Gasteiger partial charge < -0.3 is 0 Å². The van der Waals surface area contributed by atoms with E-state index in [1.54, 1.807) is 0 Å². The number of rotatable bonds is 5. The van der Waals surface area contributed by atoms with Gasteiger partial charge in [0.2, 0.25) is 0 Å². The summed E-state index contributed by atoms with van der Waals surface area (Å²) < 4.78 is 0. The van der Waals surface area contributed by atoms with Crippen LogP contribution in [0.1, 0.15) is 25.0 Å². The molecule has 4 aromatic carbocycles. The van der Waals surface area contributed by atoms with Crippen LogP contribution in [-0.2, 0) is 0 Å².